The van der Waals surface area contributed by atoms with Crippen LogP contribution in [0.4, 0.5) is 0 Å². The van der Waals surface area contributed by atoms with E-state index in [2.05, 4.69) is 5.16 Å². The van der Waals surface area contributed by atoms with Gasteiger partial charge in [-0.15, -0.1) is 0 Å². The minimum atomic E-state index is 0.293. The topological polar surface area (TPSA) is 52.8 Å². The lowest BCUT2D eigenvalue weighted by molar-refractivity contribution is 0.317. The second kappa shape index (κ2) is 5.27. The van der Waals surface area contributed by atoms with Crippen molar-refractivity contribution in [2.45, 2.75) is 26.2 Å². The summed E-state index contributed by atoms with van der Waals surface area (Å²) in [5.41, 5.74) is 1.94. The van der Waals surface area contributed by atoms with Crippen LogP contribution in [0.5, 0.6) is 5.75 Å². The number of rotatable bonds is 4. The van der Waals surface area contributed by atoms with Crippen LogP contribution in [0.25, 0.3) is 0 Å². The minimum Gasteiger partial charge on any atom is -0.508 e. The van der Waals surface area contributed by atoms with Gasteiger partial charge < -0.3 is 10.3 Å². The van der Waals surface area contributed by atoms with Gasteiger partial charge in [-0.2, -0.15) is 0 Å². The van der Waals surface area contributed by atoms with E-state index in [0.717, 1.165) is 25.0 Å². The van der Waals surface area contributed by atoms with Crippen molar-refractivity contribution in [1.29, 1.82) is 0 Å². The van der Waals surface area contributed by atoms with Crippen molar-refractivity contribution in [2.24, 2.45) is 5.16 Å². The molecule has 0 unspecified atom stereocenters. The number of hydrogen-bond donors (Lipinski definition) is 2. The highest BCUT2D eigenvalue weighted by Crippen LogP contribution is 2.11. The van der Waals surface area contributed by atoms with E-state index in [1.165, 1.54) is 5.56 Å². The van der Waals surface area contributed by atoms with Crippen molar-refractivity contribution >= 4 is 5.71 Å². The Balaban J connectivity index is 2.35. The van der Waals surface area contributed by atoms with Crippen LogP contribution in [-0.2, 0) is 6.42 Å². The van der Waals surface area contributed by atoms with Crippen molar-refractivity contribution in [2.75, 3.05) is 0 Å². The van der Waals surface area contributed by atoms with E-state index in [-0.39, 0.29) is 0 Å². The Bertz CT molecular complexity index is 304. The molecule has 0 spiro atoms. The van der Waals surface area contributed by atoms with E-state index >= 15 is 0 Å². The number of benzene rings is 1. The lowest BCUT2D eigenvalue weighted by Gasteiger charge is -2.00. The van der Waals surface area contributed by atoms with E-state index in [1.807, 2.05) is 12.1 Å². The van der Waals surface area contributed by atoms with E-state index in [9.17, 15) is 0 Å². The van der Waals surface area contributed by atoms with Crippen LogP contribution in [-0.4, -0.2) is 16.0 Å². The maximum atomic E-state index is 9.06. The Hall–Kier alpha value is -1.51. The molecule has 76 valence electrons. The molecule has 14 heavy (non-hydrogen) atoms. The summed E-state index contributed by atoms with van der Waals surface area (Å²) < 4.78 is 0. The zero-order chi connectivity index (χ0) is 10.4. The summed E-state index contributed by atoms with van der Waals surface area (Å²) in [6.07, 6.45) is 2.70. The predicted molar refractivity (Wildman–Crippen MR) is 55.9 cm³/mol. The Morgan fingerprint density at radius 2 is 1.93 bits per heavy atom. The third-order valence-electron chi connectivity index (χ3n) is 2.11. The average molecular weight is 193 g/mol. The predicted octanol–water partition coefficient (Wildman–Crippen LogP) is 2.57. The summed E-state index contributed by atoms with van der Waals surface area (Å²) in [6, 6.07) is 7.17. The standard InChI is InChI=1S/C11H15NO2/c1-9(12-14)3-2-4-10-5-7-11(13)8-6-10/h5-8,13-14H,2-4H2,1H3/b12-9+. The smallest absolute Gasteiger partial charge is 0.115 e. The first kappa shape index (κ1) is 10.6. The van der Waals surface area contributed by atoms with Crippen LogP contribution in [0.3, 0.4) is 0 Å². The molecule has 0 bridgehead atoms. The van der Waals surface area contributed by atoms with Crippen LogP contribution >= 0.6 is 0 Å². The molecular formula is C11H15NO2. The van der Waals surface area contributed by atoms with Gasteiger partial charge in [0.15, 0.2) is 0 Å². The fourth-order valence-electron chi connectivity index (χ4n) is 1.26. The van der Waals surface area contributed by atoms with Crippen molar-refractivity contribution in [3.63, 3.8) is 0 Å². The molecule has 0 aliphatic heterocycles. The first-order valence-corrected chi connectivity index (χ1v) is 4.68. The molecule has 0 saturated carbocycles. The Kier molecular flexibility index (Phi) is 3.98. The van der Waals surface area contributed by atoms with Crippen molar-refractivity contribution in [3.8, 4) is 5.75 Å². The number of aromatic hydroxyl groups is 1. The first-order valence-electron chi connectivity index (χ1n) is 4.68. The third-order valence-corrected chi connectivity index (χ3v) is 2.11. The molecule has 1 rings (SSSR count). The maximum Gasteiger partial charge on any atom is 0.115 e. The van der Waals surface area contributed by atoms with Crippen LogP contribution in [0.15, 0.2) is 29.4 Å². The summed E-state index contributed by atoms with van der Waals surface area (Å²) >= 11 is 0. The molecule has 2 N–H and O–H groups in total. The zero-order valence-electron chi connectivity index (χ0n) is 8.27. The maximum absolute atomic E-state index is 9.06. The molecule has 0 aliphatic rings. The van der Waals surface area contributed by atoms with Gasteiger partial charge >= 0.3 is 0 Å². The van der Waals surface area contributed by atoms with Gasteiger partial charge in [-0.3, -0.25) is 0 Å². The number of hydrogen-bond acceptors (Lipinski definition) is 3. The highest BCUT2D eigenvalue weighted by molar-refractivity contribution is 5.81. The van der Waals surface area contributed by atoms with Crippen LogP contribution < -0.4 is 0 Å². The molecule has 1 aromatic carbocycles. The summed E-state index contributed by atoms with van der Waals surface area (Å²) in [7, 11) is 0. The summed E-state index contributed by atoms with van der Waals surface area (Å²) in [6.45, 7) is 1.80. The molecule has 0 aromatic heterocycles. The van der Waals surface area contributed by atoms with E-state index in [4.69, 9.17) is 10.3 Å². The van der Waals surface area contributed by atoms with Gasteiger partial charge in [-0.1, -0.05) is 17.3 Å². The van der Waals surface area contributed by atoms with Crippen molar-refractivity contribution in [3.05, 3.63) is 29.8 Å². The van der Waals surface area contributed by atoms with Crippen LogP contribution in [0.1, 0.15) is 25.3 Å². The number of nitrogens with zero attached hydrogens (tertiary/aromatic N) is 1. The highest BCUT2D eigenvalue weighted by atomic mass is 16.4. The van der Waals surface area contributed by atoms with Crippen molar-refractivity contribution < 1.29 is 10.3 Å². The molecule has 0 amide bonds. The van der Waals surface area contributed by atoms with Gasteiger partial charge in [0.1, 0.15) is 5.75 Å². The monoisotopic (exact) mass is 193 g/mol. The second-order valence-electron chi connectivity index (χ2n) is 3.36. The number of phenolic OH excluding ortho intramolecular Hbond substituents is 1. The van der Waals surface area contributed by atoms with Gasteiger partial charge in [-0.25, -0.2) is 0 Å². The molecule has 0 fully saturated rings. The van der Waals surface area contributed by atoms with Gasteiger partial charge in [0.05, 0.1) is 5.71 Å². The lowest BCUT2D eigenvalue weighted by Crippen LogP contribution is -1.93. The quantitative estimate of drug-likeness (QED) is 0.438. The number of aryl methyl sites for hydroxylation is 1. The van der Waals surface area contributed by atoms with Gasteiger partial charge in [0.2, 0.25) is 0 Å². The lowest BCUT2D eigenvalue weighted by atomic mass is 10.1. The molecule has 0 radical (unpaired) electrons. The summed E-state index contributed by atoms with van der Waals surface area (Å²) in [5.74, 6) is 0.293. The van der Waals surface area contributed by atoms with E-state index in [0.29, 0.717) is 5.75 Å². The second-order valence-corrected chi connectivity index (χ2v) is 3.36. The molecule has 1 aromatic rings. The largest absolute Gasteiger partial charge is 0.508 e. The number of oxime groups is 1. The fraction of sp³-hybridized carbons (Fsp3) is 0.364. The summed E-state index contributed by atoms with van der Waals surface area (Å²) in [4.78, 5) is 0. The minimum absolute atomic E-state index is 0.293. The SMILES string of the molecule is C/C(CCCc1ccc(O)cc1)=N\O. The third kappa shape index (κ3) is 3.47. The first-order chi connectivity index (χ1) is 6.72. The Labute approximate surface area is 83.7 Å². The number of phenols is 1. The van der Waals surface area contributed by atoms with Gasteiger partial charge in [-0.05, 0) is 43.9 Å². The van der Waals surface area contributed by atoms with E-state index < -0.39 is 0 Å². The normalized spacial score (nSPS) is 11.6. The highest BCUT2D eigenvalue weighted by Gasteiger charge is 1.95. The fourth-order valence-corrected chi connectivity index (χ4v) is 1.26. The summed E-state index contributed by atoms with van der Waals surface area (Å²) in [5, 5.41) is 20.6. The molecule has 3 nitrogen and oxygen atoms in total. The van der Waals surface area contributed by atoms with Crippen LogP contribution in [0.2, 0.25) is 0 Å². The Morgan fingerprint density at radius 3 is 2.50 bits per heavy atom. The van der Waals surface area contributed by atoms with Gasteiger partial charge in [0, 0.05) is 0 Å². The molecule has 3 heteroatoms. The van der Waals surface area contributed by atoms with Gasteiger partial charge in [0.25, 0.3) is 0 Å². The molecule has 0 aliphatic carbocycles. The van der Waals surface area contributed by atoms with E-state index in [1.54, 1.807) is 19.1 Å². The van der Waals surface area contributed by atoms with Crippen molar-refractivity contribution in [1.82, 2.24) is 0 Å². The van der Waals surface area contributed by atoms with Crippen LogP contribution in [0, 0.1) is 0 Å². The molecule has 0 saturated heterocycles. The average Bonchev–Trinajstić information content (AvgIpc) is 2.21. The molecule has 0 atom stereocenters. The molecular weight excluding hydrogens is 178 g/mol. The zero-order valence-corrected chi connectivity index (χ0v) is 8.27. The molecule has 0 heterocycles. The Morgan fingerprint density at radius 1 is 1.29 bits per heavy atom.